The minimum atomic E-state index is -1.18. The van der Waals surface area contributed by atoms with Gasteiger partial charge in [0, 0.05) is 19.0 Å². The molecule has 2 atom stereocenters. The second kappa shape index (κ2) is 7.90. The van der Waals surface area contributed by atoms with Gasteiger partial charge in [0.25, 0.3) is 0 Å². The standard InChI is InChI=1S/C19H23NO3S/c21-19(22)10-5-9-17-8-3-4-13-20(17)24(23)18-12-11-15-6-1-2-7-16(15)14-18/h1-2,6-7,11-12,14,17H,3-5,8-10,13H2,(H,21,22). The highest BCUT2D eigenvalue weighted by Crippen LogP contribution is 2.27. The zero-order valence-corrected chi connectivity index (χ0v) is 14.5. The van der Waals surface area contributed by atoms with Crippen LogP contribution in [0.2, 0.25) is 0 Å². The molecule has 3 rings (SSSR count). The highest BCUT2D eigenvalue weighted by Gasteiger charge is 2.27. The second-order valence-electron chi connectivity index (χ2n) is 6.33. The summed E-state index contributed by atoms with van der Waals surface area (Å²) in [5.41, 5.74) is 0. The fourth-order valence-corrected chi connectivity index (χ4v) is 4.84. The molecule has 0 spiro atoms. The maximum absolute atomic E-state index is 13.1. The fourth-order valence-electron chi connectivity index (χ4n) is 3.38. The molecule has 0 radical (unpaired) electrons. The molecule has 0 amide bonds. The molecule has 0 aliphatic carbocycles. The first-order chi connectivity index (χ1) is 11.6. The normalized spacial score (nSPS) is 20.1. The summed E-state index contributed by atoms with van der Waals surface area (Å²) in [6, 6.07) is 14.3. The Bertz CT molecular complexity index is 746. The number of carboxylic acid groups (broad SMARTS) is 1. The monoisotopic (exact) mass is 345 g/mol. The number of hydrogen-bond acceptors (Lipinski definition) is 2. The largest absolute Gasteiger partial charge is 0.481 e. The van der Waals surface area contributed by atoms with E-state index >= 15 is 0 Å². The van der Waals surface area contributed by atoms with E-state index in [1.54, 1.807) is 0 Å². The maximum atomic E-state index is 13.1. The number of aliphatic carboxylic acids is 1. The van der Waals surface area contributed by atoms with E-state index in [1.807, 2.05) is 36.4 Å². The SMILES string of the molecule is O=C(O)CCCC1CCCCN1S(=O)c1ccc2ccccc2c1. The molecule has 1 aliphatic rings. The molecule has 1 N–H and O–H groups in total. The Balaban J connectivity index is 1.75. The van der Waals surface area contributed by atoms with Crippen LogP contribution in [0.25, 0.3) is 10.8 Å². The van der Waals surface area contributed by atoms with Crippen LogP contribution in [-0.4, -0.2) is 32.2 Å². The van der Waals surface area contributed by atoms with Crippen molar-refractivity contribution in [3.63, 3.8) is 0 Å². The van der Waals surface area contributed by atoms with Crippen LogP contribution in [0.15, 0.2) is 47.4 Å². The molecule has 128 valence electrons. The van der Waals surface area contributed by atoms with Crippen molar-refractivity contribution in [3.8, 4) is 0 Å². The molecule has 4 nitrogen and oxygen atoms in total. The molecule has 5 heteroatoms. The third-order valence-electron chi connectivity index (χ3n) is 4.64. The van der Waals surface area contributed by atoms with Crippen molar-refractivity contribution in [3.05, 3.63) is 42.5 Å². The van der Waals surface area contributed by atoms with E-state index in [4.69, 9.17) is 5.11 Å². The topological polar surface area (TPSA) is 57.6 Å². The molecule has 1 fully saturated rings. The first-order valence-corrected chi connectivity index (χ1v) is 9.65. The van der Waals surface area contributed by atoms with E-state index in [1.165, 1.54) is 0 Å². The zero-order valence-electron chi connectivity index (χ0n) is 13.7. The second-order valence-corrected chi connectivity index (χ2v) is 7.77. The van der Waals surface area contributed by atoms with Gasteiger partial charge < -0.3 is 5.11 Å². The van der Waals surface area contributed by atoms with Gasteiger partial charge in [-0.1, -0.05) is 36.8 Å². The first kappa shape index (κ1) is 17.1. The Morgan fingerprint density at radius 3 is 2.75 bits per heavy atom. The summed E-state index contributed by atoms with van der Waals surface area (Å²) in [5, 5.41) is 11.1. The molecular weight excluding hydrogens is 322 g/mol. The quantitative estimate of drug-likeness (QED) is 0.862. The lowest BCUT2D eigenvalue weighted by atomic mass is 10.00. The van der Waals surface area contributed by atoms with E-state index in [-0.39, 0.29) is 12.5 Å². The van der Waals surface area contributed by atoms with Gasteiger partial charge in [0.2, 0.25) is 0 Å². The summed E-state index contributed by atoms with van der Waals surface area (Å²) in [7, 11) is -1.18. The molecule has 1 heterocycles. The molecule has 2 aromatic carbocycles. The number of benzene rings is 2. The van der Waals surface area contributed by atoms with Crippen molar-refractivity contribution in [1.29, 1.82) is 0 Å². The van der Waals surface area contributed by atoms with Crippen LogP contribution in [0, 0.1) is 0 Å². The average Bonchev–Trinajstić information content (AvgIpc) is 2.61. The molecule has 24 heavy (non-hydrogen) atoms. The van der Waals surface area contributed by atoms with Gasteiger partial charge in [0.1, 0.15) is 11.0 Å². The minimum Gasteiger partial charge on any atom is -0.481 e. The highest BCUT2D eigenvalue weighted by molar-refractivity contribution is 7.82. The van der Waals surface area contributed by atoms with Gasteiger partial charge in [0.05, 0.1) is 4.90 Å². The Morgan fingerprint density at radius 1 is 1.17 bits per heavy atom. The van der Waals surface area contributed by atoms with Gasteiger partial charge in [-0.05, 0) is 48.6 Å². The number of nitrogens with zero attached hydrogens (tertiary/aromatic N) is 1. The van der Waals surface area contributed by atoms with E-state index in [0.717, 1.165) is 47.9 Å². The number of carbonyl (C=O) groups is 1. The predicted molar refractivity (Wildman–Crippen MR) is 96.2 cm³/mol. The molecule has 0 bridgehead atoms. The van der Waals surface area contributed by atoms with E-state index in [2.05, 4.69) is 10.4 Å². The van der Waals surface area contributed by atoms with E-state index < -0.39 is 17.0 Å². The first-order valence-electron chi connectivity index (χ1n) is 8.54. The van der Waals surface area contributed by atoms with Crippen molar-refractivity contribution in [2.24, 2.45) is 0 Å². The molecule has 1 saturated heterocycles. The molecule has 0 aromatic heterocycles. The fraction of sp³-hybridized carbons (Fsp3) is 0.421. The summed E-state index contributed by atoms with van der Waals surface area (Å²) in [4.78, 5) is 11.6. The van der Waals surface area contributed by atoms with Crippen molar-refractivity contribution in [2.75, 3.05) is 6.54 Å². The van der Waals surface area contributed by atoms with Gasteiger partial charge in [-0.25, -0.2) is 8.51 Å². The lowest BCUT2D eigenvalue weighted by Crippen LogP contribution is -2.40. The lowest BCUT2D eigenvalue weighted by molar-refractivity contribution is -0.137. The highest BCUT2D eigenvalue weighted by atomic mass is 32.2. The molecule has 2 aromatic rings. The zero-order chi connectivity index (χ0) is 16.9. The van der Waals surface area contributed by atoms with Gasteiger partial charge in [-0.3, -0.25) is 4.79 Å². The molecule has 0 saturated carbocycles. The summed E-state index contributed by atoms with van der Waals surface area (Å²) in [6.07, 6.45) is 4.81. The van der Waals surface area contributed by atoms with Crippen LogP contribution >= 0.6 is 0 Å². The van der Waals surface area contributed by atoms with E-state index in [0.29, 0.717) is 6.42 Å². The van der Waals surface area contributed by atoms with Gasteiger partial charge in [0.15, 0.2) is 0 Å². The third-order valence-corrected chi connectivity index (χ3v) is 6.20. The van der Waals surface area contributed by atoms with Crippen molar-refractivity contribution >= 4 is 27.7 Å². The van der Waals surface area contributed by atoms with Crippen molar-refractivity contribution in [1.82, 2.24) is 4.31 Å². The Morgan fingerprint density at radius 2 is 1.96 bits per heavy atom. The summed E-state index contributed by atoms with van der Waals surface area (Å²) in [6.45, 7) is 0.817. The number of fused-ring (bicyclic) bond motifs is 1. The van der Waals surface area contributed by atoms with Crippen LogP contribution in [0.5, 0.6) is 0 Å². The van der Waals surface area contributed by atoms with Gasteiger partial charge in [-0.2, -0.15) is 0 Å². The summed E-state index contributed by atoms with van der Waals surface area (Å²) >= 11 is 0. The van der Waals surface area contributed by atoms with Crippen LogP contribution in [-0.2, 0) is 15.8 Å². The minimum absolute atomic E-state index is 0.187. The van der Waals surface area contributed by atoms with Gasteiger partial charge >= 0.3 is 5.97 Å². The number of rotatable bonds is 6. The van der Waals surface area contributed by atoms with Crippen molar-refractivity contribution < 1.29 is 14.1 Å². The van der Waals surface area contributed by atoms with Crippen LogP contribution in [0.3, 0.4) is 0 Å². The predicted octanol–water partition coefficient (Wildman–Crippen LogP) is 3.97. The summed E-state index contributed by atoms with van der Waals surface area (Å²) < 4.78 is 15.1. The summed E-state index contributed by atoms with van der Waals surface area (Å²) in [5.74, 6) is -0.756. The smallest absolute Gasteiger partial charge is 0.303 e. The Kier molecular flexibility index (Phi) is 5.63. The molecule has 2 unspecified atom stereocenters. The van der Waals surface area contributed by atoms with Crippen LogP contribution < -0.4 is 0 Å². The number of piperidine rings is 1. The Hall–Kier alpha value is -1.72. The van der Waals surface area contributed by atoms with Gasteiger partial charge in [-0.15, -0.1) is 0 Å². The number of hydrogen-bond donors (Lipinski definition) is 1. The van der Waals surface area contributed by atoms with Crippen LogP contribution in [0.4, 0.5) is 0 Å². The Labute approximate surface area is 145 Å². The van der Waals surface area contributed by atoms with E-state index in [9.17, 15) is 9.00 Å². The van der Waals surface area contributed by atoms with Crippen molar-refractivity contribution in [2.45, 2.75) is 49.5 Å². The molecular formula is C19H23NO3S. The van der Waals surface area contributed by atoms with Crippen LogP contribution in [0.1, 0.15) is 38.5 Å². The lowest BCUT2D eigenvalue weighted by Gasteiger charge is -2.34. The number of carboxylic acids is 1. The molecule has 1 aliphatic heterocycles. The maximum Gasteiger partial charge on any atom is 0.303 e. The third kappa shape index (κ3) is 4.02. The average molecular weight is 345 g/mol.